The Kier molecular flexibility index (Phi) is 3.91. The van der Waals surface area contributed by atoms with Crippen molar-refractivity contribution >= 4 is 21.6 Å². The molecule has 0 aromatic heterocycles. The maximum atomic E-state index is 13.5. The summed E-state index contributed by atoms with van der Waals surface area (Å²) in [4.78, 5) is 0. The van der Waals surface area contributed by atoms with Crippen LogP contribution in [0.5, 0.6) is 0 Å². The average Bonchev–Trinajstić information content (AvgIpc) is 2.34. The molecule has 0 bridgehead atoms. The normalized spacial score (nSPS) is 10.4. The van der Waals surface area contributed by atoms with Gasteiger partial charge in [-0.3, -0.25) is 0 Å². The van der Waals surface area contributed by atoms with Gasteiger partial charge in [-0.2, -0.15) is 0 Å². The molecular weight excluding hydrogens is 307 g/mol. The molecule has 0 aliphatic rings. The summed E-state index contributed by atoms with van der Waals surface area (Å²) < 4.78 is 40.1. The lowest BCUT2D eigenvalue weighted by Gasteiger charge is -2.09. The molecule has 18 heavy (non-hydrogen) atoms. The van der Waals surface area contributed by atoms with Crippen molar-refractivity contribution in [2.24, 2.45) is 0 Å². The second kappa shape index (κ2) is 5.44. The number of benzene rings is 2. The van der Waals surface area contributed by atoms with Crippen LogP contribution in [0.4, 0.5) is 18.9 Å². The van der Waals surface area contributed by atoms with E-state index in [0.717, 1.165) is 12.1 Å². The maximum absolute atomic E-state index is 13.5. The maximum Gasteiger partial charge on any atom is 0.147 e. The fourth-order valence-corrected chi connectivity index (χ4v) is 1.81. The highest BCUT2D eigenvalue weighted by molar-refractivity contribution is 9.10. The Morgan fingerprint density at radius 2 is 1.67 bits per heavy atom. The van der Waals surface area contributed by atoms with Gasteiger partial charge in [-0.1, -0.05) is 18.2 Å². The number of hydrogen-bond acceptors (Lipinski definition) is 1. The predicted octanol–water partition coefficient (Wildman–Crippen LogP) is 4.48. The molecule has 0 saturated carbocycles. The van der Waals surface area contributed by atoms with Gasteiger partial charge in [-0.05, 0) is 28.1 Å². The van der Waals surface area contributed by atoms with E-state index >= 15 is 0 Å². The standard InChI is InChI=1S/C13H9BrF3N/c14-9-5-12(17)13(6-11(9)16)18-7-8-3-1-2-4-10(8)15/h1-6,18H,7H2. The molecule has 1 nitrogen and oxygen atoms in total. The molecule has 0 aliphatic heterocycles. The molecule has 0 aliphatic carbocycles. The summed E-state index contributed by atoms with van der Waals surface area (Å²) in [5.74, 6) is -1.56. The van der Waals surface area contributed by atoms with Crippen LogP contribution >= 0.6 is 15.9 Å². The molecule has 0 fully saturated rings. The second-order valence-electron chi connectivity index (χ2n) is 3.69. The van der Waals surface area contributed by atoms with Crippen LogP contribution in [0.15, 0.2) is 40.9 Å². The number of hydrogen-bond donors (Lipinski definition) is 1. The van der Waals surface area contributed by atoms with Crippen LogP contribution in [0, 0.1) is 17.5 Å². The van der Waals surface area contributed by atoms with E-state index in [9.17, 15) is 13.2 Å². The summed E-state index contributed by atoms with van der Waals surface area (Å²) in [5.41, 5.74) is 0.388. The number of rotatable bonds is 3. The van der Waals surface area contributed by atoms with Gasteiger partial charge in [0.05, 0.1) is 10.2 Å². The van der Waals surface area contributed by atoms with Crippen molar-refractivity contribution in [3.63, 3.8) is 0 Å². The fourth-order valence-electron chi connectivity index (χ4n) is 1.49. The highest BCUT2D eigenvalue weighted by atomic mass is 79.9. The third-order valence-electron chi connectivity index (χ3n) is 2.44. The summed E-state index contributed by atoms with van der Waals surface area (Å²) in [5, 5.41) is 2.66. The summed E-state index contributed by atoms with van der Waals surface area (Å²) >= 11 is 2.89. The van der Waals surface area contributed by atoms with Crippen LogP contribution in [0.2, 0.25) is 0 Å². The van der Waals surface area contributed by atoms with E-state index in [2.05, 4.69) is 21.2 Å². The molecule has 0 unspecified atom stereocenters. The molecule has 2 aromatic rings. The quantitative estimate of drug-likeness (QED) is 0.823. The van der Waals surface area contributed by atoms with Crippen molar-refractivity contribution in [2.75, 3.05) is 5.32 Å². The third-order valence-corrected chi connectivity index (χ3v) is 3.04. The first-order valence-electron chi connectivity index (χ1n) is 5.20. The van der Waals surface area contributed by atoms with Crippen molar-refractivity contribution in [1.29, 1.82) is 0 Å². The van der Waals surface area contributed by atoms with Crippen molar-refractivity contribution < 1.29 is 13.2 Å². The van der Waals surface area contributed by atoms with Gasteiger partial charge < -0.3 is 5.32 Å². The van der Waals surface area contributed by atoms with E-state index in [1.54, 1.807) is 18.2 Å². The molecule has 0 atom stereocenters. The Bertz CT molecular complexity index is 572. The van der Waals surface area contributed by atoms with Crippen molar-refractivity contribution in [3.8, 4) is 0 Å². The molecule has 0 amide bonds. The number of nitrogens with one attached hydrogen (secondary N) is 1. The molecule has 94 valence electrons. The van der Waals surface area contributed by atoms with Gasteiger partial charge in [-0.25, -0.2) is 13.2 Å². The minimum Gasteiger partial charge on any atom is -0.378 e. The Morgan fingerprint density at radius 3 is 2.39 bits per heavy atom. The zero-order valence-corrected chi connectivity index (χ0v) is 10.8. The van der Waals surface area contributed by atoms with Crippen LogP contribution in [0.3, 0.4) is 0 Å². The van der Waals surface area contributed by atoms with Gasteiger partial charge in [-0.15, -0.1) is 0 Å². The van der Waals surface area contributed by atoms with E-state index in [4.69, 9.17) is 0 Å². The monoisotopic (exact) mass is 315 g/mol. The molecule has 0 spiro atoms. The minimum atomic E-state index is -0.598. The Hall–Kier alpha value is -1.49. The van der Waals surface area contributed by atoms with Gasteiger partial charge >= 0.3 is 0 Å². The van der Waals surface area contributed by atoms with Gasteiger partial charge in [0.1, 0.15) is 17.5 Å². The first-order chi connectivity index (χ1) is 8.58. The van der Waals surface area contributed by atoms with Gasteiger partial charge in [0, 0.05) is 18.2 Å². The summed E-state index contributed by atoms with van der Waals surface area (Å²) in [6.45, 7) is 0.0880. The summed E-state index contributed by atoms with van der Waals surface area (Å²) in [7, 11) is 0. The molecule has 2 aromatic carbocycles. The van der Waals surface area contributed by atoms with Gasteiger partial charge in [0.25, 0.3) is 0 Å². The van der Waals surface area contributed by atoms with E-state index < -0.39 is 11.6 Å². The minimum absolute atomic E-state index is 0.000969. The summed E-state index contributed by atoms with van der Waals surface area (Å²) in [6, 6.07) is 8.20. The molecule has 2 rings (SSSR count). The number of anilines is 1. The Balaban J connectivity index is 2.16. The predicted molar refractivity (Wildman–Crippen MR) is 67.8 cm³/mol. The second-order valence-corrected chi connectivity index (χ2v) is 4.55. The molecule has 0 heterocycles. The molecular formula is C13H9BrF3N. The smallest absolute Gasteiger partial charge is 0.147 e. The lowest BCUT2D eigenvalue weighted by Crippen LogP contribution is -2.04. The lowest BCUT2D eigenvalue weighted by atomic mass is 10.2. The molecule has 1 N–H and O–H groups in total. The molecule has 0 radical (unpaired) electrons. The van der Waals surface area contributed by atoms with E-state index in [1.807, 2.05) is 0 Å². The third kappa shape index (κ3) is 2.85. The first kappa shape index (κ1) is 13.0. The first-order valence-corrected chi connectivity index (χ1v) is 5.99. The van der Waals surface area contributed by atoms with Crippen molar-refractivity contribution in [2.45, 2.75) is 6.54 Å². The van der Waals surface area contributed by atoms with Gasteiger partial charge in [0.15, 0.2) is 0 Å². The molecule has 5 heteroatoms. The Morgan fingerprint density at radius 1 is 0.944 bits per heavy atom. The number of halogens is 4. The average molecular weight is 316 g/mol. The van der Waals surface area contributed by atoms with E-state index in [0.29, 0.717) is 5.56 Å². The van der Waals surface area contributed by atoms with Crippen LogP contribution in [-0.4, -0.2) is 0 Å². The molecule has 0 saturated heterocycles. The SMILES string of the molecule is Fc1cc(NCc2ccccc2F)c(F)cc1Br. The van der Waals surface area contributed by atoms with Crippen LogP contribution in [0.25, 0.3) is 0 Å². The van der Waals surface area contributed by atoms with Crippen LogP contribution < -0.4 is 5.32 Å². The van der Waals surface area contributed by atoms with Crippen molar-refractivity contribution in [3.05, 3.63) is 63.9 Å². The fraction of sp³-hybridized carbons (Fsp3) is 0.0769. The lowest BCUT2D eigenvalue weighted by molar-refractivity contribution is 0.594. The van der Waals surface area contributed by atoms with Crippen molar-refractivity contribution in [1.82, 2.24) is 0 Å². The van der Waals surface area contributed by atoms with Gasteiger partial charge in [0.2, 0.25) is 0 Å². The zero-order chi connectivity index (χ0) is 13.1. The highest BCUT2D eigenvalue weighted by Gasteiger charge is 2.08. The van der Waals surface area contributed by atoms with E-state index in [1.165, 1.54) is 6.07 Å². The van der Waals surface area contributed by atoms with E-state index in [-0.39, 0.29) is 22.5 Å². The summed E-state index contributed by atoms with van der Waals surface area (Å²) in [6.07, 6.45) is 0. The Labute approximate surface area is 111 Å². The highest BCUT2D eigenvalue weighted by Crippen LogP contribution is 2.23. The zero-order valence-electron chi connectivity index (χ0n) is 9.18. The van der Waals surface area contributed by atoms with Crippen LogP contribution in [-0.2, 0) is 6.54 Å². The van der Waals surface area contributed by atoms with Crippen LogP contribution in [0.1, 0.15) is 5.56 Å². The largest absolute Gasteiger partial charge is 0.378 e. The topological polar surface area (TPSA) is 12.0 Å².